The van der Waals surface area contributed by atoms with E-state index in [-0.39, 0.29) is 18.2 Å². The van der Waals surface area contributed by atoms with Crippen LogP contribution in [0.25, 0.3) is 0 Å². The molecule has 1 atom stereocenters. The highest BCUT2D eigenvalue weighted by Gasteiger charge is 2.18. The predicted octanol–water partition coefficient (Wildman–Crippen LogP) is 1.94. The molecule has 0 unspecified atom stereocenters. The van der Waals surface area contributed by atoms with E-state index in [0.29, 0.717) is 12.2 Å². The van der Waals surface area contributed by atoms with E-state index in [2.05, 4.69) is 5.32 Å². The second-order valence-electron chi connectivity index (χ2n) is 4.18. The fourth-order valence-corrected chi connectivity index (χ4v) is 1.69. The zero-order chi connectivity index (χ0) is 14.4. The Morgan fingerprint density at radius 1 is 1.53 bits per heavy atom. The van der Waals surface area contributed by atoms with Crippen LogP contribution in [0.2, 0.25) is 0 Å². The molecule has 0 aromatic heterocycles. The molecular weight excluding hydrogens is 248 g/mol. The summed E-state index contributed by atoms with van der Waals surface area (Å²) in [5.41, 5.74) is 1.46. The first kappa shape index (κ1) is 15.1. The molecule has 1 aromatic carbocycles. The van der Waals surface area contributed by atoms with E-state index in [1.807, 2.05) is 0 Å². The monoisotopic (exact) mass is 266 g/mol. The lowest BCUT2D eigenvalue weighted by Crippen LogP contribution is -2.35. The summed E-state index contributed by atoms with van der Waals surface area (Å²) in [5, 5.41) is 13.9. The van der Waals surface area contributed by atoms with Gasteiger partial charge < -0.3 is 10.1 Å². The van der Waals surface area contributed by atoms with Crippen molar-refractivity contribution in [2.75, 3.05) is 6.61 Å². The predicted molar refractivity (Wildman–Crippen MR) is 70.8 cm³/mol. The van der Waals surface area contributed by atoms with Crippen LogP contribution in [0.1, 0.15) is 25.0 Å². The first-order chi connectivity index (χ1) is 8.97. The van der Waals surface area contributed by atoms with Crippen molar-refractivity contribution in [3.05, 3.63) is 39.4 Å². The molecule has 6 heteroatoms. The molecular formula is C13H18N2O4. The van der Waals surface area contributed by atoms with Crippen LogP contribution in [0.5, 0.6) is 0 Å². The Bertz CT molecular complexity index is 474. The number of carbonyl (C=O) groups excluding carboxylic acids is 1. The van der Waals surface area contributed by atoms with E-state index < -0.39 is 11.0 Å². The van der Waals surface area contributed by atoms with Crippen LogP contribution in [-0.4, -0.2) is 23.5 Å². The first-order valence-corrected chi connectivity index (χ1v) is 6.10. The molecule has 1 N–H and O–H groups in total. The van der Waals surface area contributed by atoms with Gasteiger partial charge in [-0.2, -0.15) is 0 Å². The standard InChI is InChI=1S/C13H18N2O4/c1-4-19-13(16)10(3)14-8-11-9(2)6-5-7-12(11)15(17)18/h5-7,10,14H,4,8H2,1-3H3/t10-/m0/s1. The third kappa shape index (κ3) is 4.03. The average Bonchev–Trinajstić information content (AvgIpc) is 2.36. The minimum absolute atomic E-state index is 0.0589. The van der Waals surface area contributed by atoms with E-state index in [9.17, 15) is 14.9 Å². The zero-order valence-corrected chi connectivity index (χ0v) is 11.3. The number of esters is 1. The molecule has 104 valence electrons. The van der Waals surface area contributed by atoms with Gasteiger partial charge in [0.2, 0.25) is 0 Å². The highest BCUT2D eigenvalue weighted by atomic mass is 16.6. The fraction of sp³-hybridized carbons (Fsp3) is 0.462. The number of nitro groups is 1. The van der Waals surface area contributed by atoms with E-state index in [1.165, 1.54) is 6.07 Å². The highest BCUT2D eigenvalue weighted by molar-refractivity contribution is 5.75. The van der Waals surface area contributed by atoms with Crippen LogP contribution in [0.15, 0.2) is 18.2 Å². The maximum Gasteiger partial charge on any atom is 0.322 e. The number of nitrogens with zero attached hydrogens (tertiary/aromatic N) is 1. The Hall–Kier alpha value is -1.95. The van der Waals surface area contributed by atoms with Crippen LogP contribution >= 0.6 is 0 Å². The highest BCUT2D eigenvalue weighted by Crippen LogP contribution is 2.21. The Morgan fingerprint density at radius 2 is 2.21 bits per heavy atom. The van der Waals surface area contributed by atoms with Crippen molar-refractivity contribution in [2.24, 2.45) is 0 Å². The number of benzene rings is 1. The number of aryl methyl sites for hydroxylation is 1. The molecule has 0 amide bonds. The number of rotatable bonds is 6. The van der Waals surface area contributed by atoms with Crippen LogP contribution < -0.4 is 5.32 Å². The molecule has 0 aliphatic rings. The number of ether oxygens (including phenoxy) is 1. The van der Waals surface area contributed by atoms with Crippen molar-refractivity contribution >= 4 is 11.7 Å². The van der Waals surface area contributed by atoms with Gasteiger partial charge >= 0.3 is 5.97 Å². The van der Waals surface area contributed by atoms with Gasteiger partial charge in [-0.25, -0.2) is 0 Å². The maximum atomic E-state index is 11.4. The molecule has 0 saturated heterocycles. The molecule has 19 heavy (non-hydrogen) atoms. The number of carbonyl (C=O) groups is 1. The summed E-state index contributed by atoms with van der Waals surface area (Å²) >= 11 is 0. The summed E-state index contributed by atoms with van der Waals surface area (Å²) in [5.74, 6) is -0.362. The third-order valence-electron chi connectivity index (χ3n) is 2.81. The lowest BCUT2D eigenvalue weighted by atomic mass is 10.1. The summed E-state index contributed by atoms with van der Waals surface area (Å²) in [7, 11) is 0. The van der Waals surface area contributed by atoms with Crippen LogP contribution in [-0.2, 0) is 16.1 Å². The molecule has 0 radical (unpaired) electrons. The molecule has 0 aliphatic heterocycles. The lowest BCUT2D eigenvalue weighted by molar-refractivity contribution is -0.385. The summed E-state index contributed by atoms with van der Waals surface area (Å²) < 4.78 is 4.86. The molecule has 1 rings (SSSR count). The number of nitro benzene ring substituents is 1. The molecule has 0 bridgehead atoms. The number of nitrogens with one attached hydrogen (secondary N) is 1. The second-order valence-corrected chi connectivity index (χ2v) is 4.18. The van der Waals surface area contributed by atoms with Gasteiger partial charge in [-0.3, -0.25) is 14.9 Å². The van der Waals surface area contributed by atoms with Gasteiger partial charge in [0.15, 0.2) is 0 Å². The van der Waals surface area contributed by atoms with Crippen molar-refractivity contribution in [3.8, 4) is 0 Å². The SMILES string of the molecule is CCOC(=O)[C@H](C)NCc1c(C)cccc1[N+](=O)[O-]. The molecule has 6 nitrogen and oxygen atoms in total. The minimum Gasteiger partial charge on any atom is -0.465 e. The largest absolute Gasteiger partial charge is 0.465 e. The summed E-state index contributed by atoms with van der Waals surface area (Å²) in [4.78, 5) is 22.0. The van der Waals surface area contributed by atoms with Crippen LogP contribution in [0, 0.1) is 17.0 Å². The second kappa shape index (κ2) is 6.84. The van der Waals surface area contributed by atoms with E-state index in [1.54, 1.807) is 32.9 Å². The first-order valence-electron chi connectivity index (χ1n) is 6.10. The molecule has 0 aliphatic carbocycles. The molecule has 0 saturated carbocycles. The van der Waals surface area contributed by atoms with E-state index in [4.69, 9.17) is 4.74 Å². The Labute approximate surface area is 111 Å². The summed E-state index contributed by atoms with van der Waals surface area (Å²) in [6, 6.07) is 4.41. The van der Waals surface area contributed by atoms with Gasteiger partial charge in [0, 0.05) is 18.2 Å². The van der Waals surface area contributed by atoms with E-state index in [0.717, 1.165) is 5.56 Å². The van der Waals surface area contributed by atoms with Crippen molar-refractivity contribution in [3.63, 3.8) is 0 Å². The molecule has 1 aromatic rings. The Balaban J connectivity index is 2.77. The van der Waals surface area contributed by atoms with Gasteiger partial charge in [0.1, 0.15) is 6.04 Å². The normalized spacial score (nSPS) is 11.9. The third-order valence-corrected chi connectivity index (χ3v) is 2.81. The summed E-state index contributed by atoms with van der Waals surface area (Å²) in [6.07, 6.45) is 0. The fourth-order valence-electron chi connectivity index (χ4n) is 1.69. The van der Waals surface area contributed by atoms with E-state index >= 15 is 0 Å². The maximum absolute atomic E-state index is 11.4. The molecule has 0 fully saturated rings. The smallest absolute Gasteiger partial charge is 0.322 e. The van der Waals surface area contributed by atoms with Gasteiger partial charge in [0.05, 0.1) is 11.5 Å². The topological polar surface area (TPSA) is 81.5 Å². The van der Waals surface area contributed by atoms with Crippen molar-refractivity contribution < 1.29 is 14.5 Å². The molecule has 0 heterocycles. The Morgan fingerprint density at radius 3 is 2.79 bits per heavy atom. The quantitative estimate of drug-likeness (QED) is 0.483. The Kier molecular flexibility index (Phi) is 5.44. The lowest BCUT2D eigenvalue weighted by Gasteiger charge is -2.13. The van der Waals surface area contributed by atoms with Gasteiger partial charge in [-0.15, -0.1) is 0 Å². The van der Waals surface area contributed by atoms with Crippen molar-refractivity contribution in [1.29, 1.82) is 0 Å². The average molecular weight is 266 g/mol. The van der Waals surface area contributed by atoms with Crippen LogP contribution in [0.4, 0.5) is 5.69 Å². The number of hydrogen-bond donors (Lipinski definition) is 1. The minimum atomic E-state index is -0.501. The summed E-state index contributed by atoms with van der Waals surface area (Å²) in [6.45, 7) is 5.77. The van der Waals surface area contributed by atoms with Crippen molar-refractivity contribution in [2.45, 2.75) is 33.4 Å². The number of hydrogen-bond acceptors (Lipinski definition) is 5. The van der Waals surface area contributed by atoms with Crippen molar-refractivity contribution in [1.82, 2.24) is 5.32 Å². The van der Waals surface area contributed by atoms with Gasteiger partial charge in [-0.1, -0.05) is 12.1 Å². The van der Waals surface area contributed by atoms with Gasteiger partial charge in [-0.05, 0) is 26.3 Å². The zero-order valence-electron chi connectivity index (χ0n) is 11.3. The van der Waals surface area contributed by atoms with Gasteiger partial charge in [0.25, 0.3) is 5.69 Å². The van der Waals surface area contributed by atoms with Crippen LogP contribution in [0.3, 0.4) is 0 Å². The molecule has 0 spiro atoms.